The highest BCUT2D eigenvalue weighted by molar-refractivity contribution is 7.17. The molecule has 116 valence electrons. The number of hydrogen-bond acceptors (Lipinski definition) is 5. The first kappa shape index (κ1) is 15.1. The Bertz CT molecular complexity index is 890. The monoisotopic (exact) mass is 326 g/mol. The zero-order valence-corrected chi connectivity index (χ0v) is 13.1. The molecule has 0 aliphatic rings. The highest BCUT2D eigenvalue weighted by atomic mass is 32.1. The van der Waals surface area contributed by atoms with Crippen LogP contribution in [0.25, 0.3) is 10.1 Å². The van der Waals surface area contributed by atoms with E-state index in [2.05, 4.69) is 15.3 Å². The lowest BCUT2D eigenvalue weighted by molar-refractivity contribution is 0.0917. The molecule has 0 aliphatic heterocycles. The van der Waals surface area contributed by atoms with Crippen molar-refractivity contribution < 1.29 is 9.59 Å². The number of thiophene rings is 1. The Kier molecular flexibility index (Phi) is 4.03. The summed E-state index contributed by atoms with van der Waals surface area (Å²) >= 11 is 1.62. The molecule has 0 spiro atoms. The number of nitrogens with zero attached hydrogens (tertiary/aromatic N) is 2. The Morgan fingerprint density at radius 2 is 1.87 bits per heavy atom. The Morgan fingerprint density at radius 1 is 1.17 bits per heavy atom. The number of nitrogens with one attached hydrogen (secondary N) is 1. The van der Waals surface area contributed by atoms with E-state index in [4.69, 9.17) is 5.73 Å². The predicted molar refractivity (Wildman–Crippen MR) is 88.3 cm³/mol. The van der Waals surface area contributed by atoms with Crippen LogP contribution in [0.15, 0.2) is 42.0 Å². The molecule has 1 unspecified atom stereocenters. The number of amides is 2. The number of hydrogen-bond donors (Lipinski definition) is 2. The van der Waals surface area contributed by atoms with Crippen LogP contribution in [0.2, 0.25) is 0 Å². The fraction of sp³-hybridized carbons (Fsp3) is 0.125. The number of fused-ring (bicyclic) bond motifs is 1. The number of aromatic nitrogens is 2. The van der Waals surface area contributed by atoms with E-state index in [1.165, 1.54) is 12.4 Å². The van der Waals surface area contributed by atoms with Gasteiger partial charge < -0.3 is 11.1 Å². The molecule has 0 bridgehead atoms. The normalized spacial score (nSPS) is 12.0. The van der Waals surface area contributed by atoms with Gasteiger partial charge in [0.2, 0.25) is 0 Å². The molecule has 1 aromatic carbocycles. The average molecular weight is 326 g/mol. The van der Waals surface area contributed by atoms with Gasteiger partial charge in [-0.25, -0.2) is 9.97 Å². The van der Waals surface area contributed by atoms with Gasteiger partial charge in [-0.2, -0.15) is 0 Å². The third-order valence-electron chi connectivity index (χ3n) is 3.47. The van der Waals surface area contributed by atoms with Crippen molar-refractivity contribution >= 4 is 33.2 Å². The highest BCUT2D eigenvalue weighted by Crippen LogP contribution is 2.30. The van der Waals surface area contributed by atoms with Crippen molar-refractivity contribution in [2.45, 2.75) is 13.0 Å². The minimum Gasteiger partial charge on any atom is -0.364 e. The van der Waals surface area contributed by atoms with Crippen LogP contribution < -0.4 is 11.1 Å². The molecule has 1 atom stereocenters. The van der Waals surface area contributed by atoms with Gasteiger partial charge in [0, 0.05) is 17.1 Å². The van der Waals surface area contributed by atoms with E-state index in [1.807, 2.05) is 36.6 Å². The van der Waals surface area contributed by atoms with Crippen molar-refractivity contribution in [3.8, 4) is 0 Å². The molecule has 3 N–H and O–H groups in total. The summed E-state index contributed by atoms with van der Waals surface area (Å²) in [4.78, 5) is 31.5. The second-order valence-corrected chi connectivity index (χ2v) is 5.91. The summed E-state index contributed by atoms with van der Waals surface area (Å²) in [5, 5.41) is 5.96. The van der Waals surface area contributed by atoms with E-state index in [-0.39, 0.29) is 17.4 Å². The van der Waals surface area contributed by atoms with E-state index in [9.17, 15) is 9.59 Å². The fourth-order valence-electron chi connectivity index (χ4n) is 2.36. The predicted octanol–water partition coefficient (Wildman–Crippen LogP) is 2.28. The second-order valence-electron chi connectivity index (χ2n) is 5.00. The maximum Gasteiger partial charge on any atom is 0.272 e. The van der Waals surface area contributed by atoms with Gasteiger partial charge in [-0.1, -0.05) is 18.2 Å². The quantitative estimate of drug-likeness (QED) is 0.768. The Morgan fingerprint density at radius 3 is 2.61 bits per heavy atom. The molecule has 3 aromatic rings. The molecule has 2 amide bonds. The van der Waals surface area contributed by atoms with Gasteiger partial charge in [0.15, 0.2) is 11.4 Å². The van der Waals surface area contributed by atoms with Crippen LogP contribution in [0.5, 0.6) is 0 Å². The van der Waals surface area contributed by atoms with Crippen LogP contribution in [0.3, 0.4) is 0 Å². The number of carbonyl (C=O) groups excluding carboxylic acids is 2. The number of nitrogens with two attached hydrogens (primary N) is 1. The Hall–Kier alpha value is -2.80. The molecule has 0 fully saturated rings. The summed E-state index contributed by atoms with van der Waals surface area (Å²) in [6.45, 7) is 1.88. The van der Waals surface area contributed by atoms with Crippen molar-refractivity contribution in [1.29, 1.82) is 0 Å². The molecular formula is C16H14N4O2S. The van der Waals surface area contributed by atoms with Crippen LogP contribution in [0.4, 0.5) is 0 Å². The SMILES string of the molecule is CC(NC(=O)c1nccnc1C(N)=O)c1csc2ccccc12. The van der Waals surface area contributed by atoms with Crippen molar-refractivity contribution in [1.82, 2.24) is 15.3 Å². The number of primary amides is 1. The zero-order chi connectivity index (χ0) is 16.4. The van der Waals surface area contributed by atoms with Gasteiger partial charge in [0.25, 0.3) is 11.8 Å². The van der Waals surface area contributed by atoms with Gasteiger partial charge in [-0.15, -0.1) is 11.3 Å². The summed E-state index contributed by atoms with van der Waals surface area (Å²) in [5.74, 6) is -1.26. The van der Waals surface area contributed by atoms with Crippen LogP contribution in [-0.4, -0.2) is 21.8 Å². The van der Waals surface area contributed by atoms with Crippen molar-refractivity contribution in [3.63, 3.8) is 0 Å². The first-order chi connectivity index (χ1) is 11.1. The van der Waals surface area contributed by atoms with Crippen molar-refractivity contribution in [2.24, 2.45) is 5.73 Å². The minimum absolute atomic E-state index is 0.0635. The third-order valence-corrected chi connectivity index (χ3v) is 4.45. The largest absolute Gasteiger partial charge is 0.364 e. The molecule has 0 aliphatic carbocycles. The van der Waals surface area contributed by atoms with Crippen molar-refractivity contribution in [3.05, 3.63) is 59.0 Å². The van der Waals surface area contributed by atoms with E-state index >= 15 is 0 Å². The molecule has 6 nitrogen and oxygen atoms in total. The number of carbonyl (C=O) groups is 2. The van der Waals surface area contributed by atoms with Gasteiger partial charge in [-0.3, -0.25) is 9.59 Å². The molecule has 2 heterocycles. The van der Waals surface area contributed by atoms with Crippen LogP contribution >= 0.6 is 11.3 Å². The second kappa shape index (κ2) is 6.13. The number of benzene rings is 1. The summed E-state index contributed by atoms with van der Waals surface area (Å²) < 4.78 is 1.15. The summed E-state index contributed by atoms with van der Waals surface area (Å²) in [6.07, 6.45) is 2.68. The molecule has 0 radical (unpaired) electrons. The fourth-order valence-corrected chi connectivity index (χ4v) is 3.42. The Labute approximate surface area is 136 Å². The number of rotatable bonds is 4. The van der Waals surface area contributed by atoms with Gasteiger partial charge >= 0.3 is 0 Å². The van der Waals surface area contributed by atoms with E-state index in [0.29, 0.717) is 0 Å². The first-order valence-electron chi connectivity index (χ1n) is 6.95. The van der Waals surface area contributed by atoms with Gasteiger partial charge in [0.05, 0.1) is 6.04 Å². The van der Waals surface area contributed by atoms with Crippen LogP contribution in [0.1, 0.15) is 39.5 Å². The van der Waals surface area contributed by atoms with Crippen molar-refractivity contribution in [2.75, 3.05) is 0 Å². The lowest BCUT2D eigenvalue weighted by Crippen LogP contribution is -2.30. The maximum absolute atomic E-state index is 12.4. The summed E-state index contributed by atoms with van der Waals surface area (Å²) in [6, 6.07) is 7.75. The molecule has 0 saturated carbocycles. The van der Waals surface area contributed by atoms with Crippen LogP contribution in [0, 0.1) is 0 Å². The molecule has 2 aromatic heterocycles. The smallest absolute Gasteiger partial charge is 0.272 e. The zero-order valence-electron chi connectivity index (χ0n) is 12.3. The molecule has 7 heteroatoms. The summed E-state index contributed by atoms with van der Waals surface area (Å²) in [7, 11) is 0. The topological polar surface area (TPSA) is 98.0 Å². The molecule has 3 rings (SSSR count). The standard InChI is InChI=1S/C16H14N4O2S/c1-9(11-8-23-12-5-3-2-4-10(11)12)20-16(22)14-13(15(17)21)18-6-7-19-14/h2-9H,1H3,(H2,17,21)(H,20,22). The molecule has 0 saturated heterocycles. The van der Waals surface area contributed by atoms with E-state index in [1.54, 1.807) is 11.3 Å². The lowest BCUT2D eigenvalue weighted by atomic mass is 10.1. The molecule has 23 heavy (non-hydrogen) atoms. The summed E-state index contributed by atoms with van der Waals surface area (Å²) in [5.41, 5.74) is 6.05. The van der Waals surface area contributed by atoms with Gasteiger partial charge in [-0.05, 0) is 29.3 Å². The van der Waals surface area contributed by atoms with E-state index in [0.717, 1.165) is 15.6 Å². The average Bonchev–Trinajstić information content (AvgIpc) is 2.98. The Balaban J connectivity index is 1.87. The van der Waals surface area contributed by atoms with E-state index < -0.39 is 11.8 Å². The first-order valence-corrected chi connectivity index (χ1v) is 7.83. The third kappa shape index (κ3) is 2.91. The van der Waals surface area contributed by atoms with Gasteiger partial charge in [0.1, 0.15) is 0 Å². The van der Waals surface area contributed by atoms with Crippen LogP contribution in [-0.2, 0) is 0 Å². The highest BCUT2D eigenvalue weighted by Gasteiger charge is 2.21. The minimum atomic E-state index is -0.781. The molecular weight excluding hydrogens is 312 g/mol. The maximum atomic E-state index is 12.4. The lowest BCUT2D eigenvalue weighted by Gasteiger charge is -2.14.